The highest BCUT2D eigenvalue weighted by atomic mass is 16.2. The number of anilines is 1. The molecule has 2 aromatic heterocycles. The smallest absolute Gasteiger partial charge is 0.273 e. The van der Waals surface area contributed by atoms with E-state index in [0.717, 1.165) is 5.56 Å². The summed E-state index contributed by atoms with van der Waals surface area (Å²) < 4.78 is 1.51. The minimum Gasteiger partial charge on any atom is -0.321 e. The molecule has 0 fully saturated rings. The number of benzene rings is 1. The van der Waals surface area contributed by atoms with E-state index in [1.807, 2.05) is 12.1 Å². The summed E-state index contributed by atoms with van der Waals surface area (Å²) in [6.07, 6.45) is 4.66. The van der Waals surface area contributed by atoms with E-state index >= 15 is 0 Å². The number of aromatic nitrogens is 3. The first-order chi connectivity index (χ1) is 13.0. The van der Waals surface area contributed by atoms with Gasteiger partial charge in [-0.3, -0.25) is 19.3 Å². The Labute approximate surface area is 155 Å². The standard InChI is InChI=1S/C19H18N6O2/c1-13(23-24-18(26)15-7-10-20-11-8-15)14-3-5-16(6-4-14)22-19(27)17-9-12-21-25(17)2/h3-12H,1-2H3,(H,22,27)(H,24,26)/b23-13+. The fraction of sp³-hybridized carbons (Fsp3) is 0.105. The third-order valence-electron chi connectivity index (χ3n) is 3.88. The Bertz CT molecular complexity index is 977. The van der Waals surface area contributed by atoms with Gasteiger partial charge in [0.2, 0.25) is 0 Å². The molecule has 0 saturated heterocycles. The van der Waals surface area contributed by atoms with Gasteiger partial charge in [-0.25, -0.2) is 5.43 Å². The van der Waals surface area contributed by atoms with Crippen LogP contribution in [0.5, 0.6) is 0 Å². The molecule has 3 rings (SSSR count). The van der Waals surface area contributed by atoms with Crippen molar-refractivity contribution < 1.29 is 9.59 Å². The number of nitrogens with one attached hydrogen (secondary N) is 2. The lowest BCUT2D eigenvalue weighted by Crippen LogP contribution is -2.19. The van der Waals surface area contributed by atoms with Crippen LogP contribution < -0.4 is 10.7 Å². The topological polar surface area (TPSA) is 101 Å². The molecule has 8 heteroatoms. The van der Waals surface area contributed by atoms with Crippen molar-refractivity contribution in [2.45, 2.75) is 6.92 Å². The molecule has 136 valence electrons. The lowest BCUT2D eigenvalue weighted by molar-refractivity contribution is 0.0953. The fourth-order valence-electron chi connectivity index (χ4n) is 2.35. The van der Waals surface area contributed by atoms with Gasteiger partial charge >= 0.3 is 0 Å². The SMILES string of the molecule is C/C(=N\NC(=O)c1ccncc1)c1ccc(NC(=O)c2ccnn2C)cc1. The van der Waals surface area contributed by atoms with E-state index in [2.05, 4.69) is 25.9 Å². The summed E-state index contributed by atoms with van der Waals surface area (Å²) in [5, 5.41) is 10.9. The van der Waals surface area contributed by atoms with Crippen molar-refractivity contribution in [3.05, 3.63) is 77.9 Å². The minimum absolute atomic E-state index is 0.238. The van der Waals surface area contributed by atoms with Gasteiger partial charge in [0.25, 0.3) is 11.8 Å². The molecular formula is C19H18N6O2. The second kappa shape index (κ2) is 8.05. The molecule has 0 aliphatic carbocycles. The first-order valence-corrected chi connectivity index (χ1v) is 8.19. The van der Waals surface area contributed by atoms with E-state index in [-0.39, 0.29) is 11.8 Å². The van der Waals surface area contributed by atoms with Crippen LogP contribution in [0.15, 0.2) is 66.2 Å². The number of hydrogen-bond acceptors (Lipinski definition) is 5. The van der Waals surface area contributed by atoms with Gasteiger partial charge in [-0.05, 0) is 42.8 Å². The largest absolute Gasteiger partial charge is 0.321 e. The first kappa shape index (κ1) is 18.0. The van der Waals surface area contributed by atoms with Gasteiger partial charge in [-0.15, -0.1) is 0 Å². The van der Waals surface area contributed by atoms with Crippen LogP contribution in [0.3, 0.4) is 0 Å². The molecular weight excluding hydrogens is 344 g/mol. The summed E-state index contributed by atoms with van der Waals surface area (Å²) in [5.41, 5.74) is 5.57. The van der Waals surface area contributed by atoms with Crippen molar-refractivity contribution in [1.29, 1.82) is 0 Å². The van der Waals surface area contributed by atoms with Crippen LogP contribution in [0.2, 0.25) is 0 Å². The van der Waals surface area contributed by atoms with Gasteiger partial charge in [0.05, 0.1) is 5.71 Å². The molecule has 2 heterocycles. The van der Waals surface area contributed by atoms with Crippen molar-refractivity contribution in [2.75, 3.05) is 5.32 Å². The van der Waals surface area contributed by atoms with Crippen LogP contribution in [0.1, 0.15) is 33.3 Å². The Morgan fingerprint density at radius 2 is 1.63 bits per heavy atom. The van der Waals surface area contributed by atoms with Gasteiger partial charge < -0.3 is 5.32 Å². The zero-order valence-corrected chi connectivity index (χ0v) is 14.9. The number of nitrogens with zero attached hydrogens (tertiary/aromatic N) is 4. The zero-order chi connectivity index (χ0) is 19.2. The molecule has 0 atom stereocenters. The van der Waals surface area contributed by atoms with Crippen molar-refractivity contribution in [3.8, 4) is 0 Å². The highest BCUT2D eigenvalue weighted by Gasteiger charge is 2.10. The van der Waals surface area contributed by atoms with E-state index in [1.54, 1.807) is 62.9 Å². The normalized spacial score (nSPS) is 11.1. The maximum Gasteiger partial charge on any atom is 0.273 e. The molecule has 1 aromatic carbocycles. The summed E-state index contributed by atoms with van der Waals surface area (Å²) >= 11 is 0. The van der Waals surface area contributed by atoms with Crippen molar-refractivity contribution in [3.63, 3.8) is 0 Å². The molecule has 8 nitrogen and oxygen atoms in total. The number of hydrazone groups is 1. The monoisotopic (exact) mass is 362 g/mol. The highest BCUT2D eigenvalue weighted by Crippen LogP contribution is 2.12. The Balaban J connectivity index is 1.63. The molecule has 0 bridgehead atoms. The zero-order valence-electron chi connectivity index (χ0n) is 14.9. The summed E-state index contributed by atoms with van der Waals surface area (Å²) in [6.45, 7) is 1.79. The summed E-state index contributed by atoms with van der Waals surface area (Å²) in [7, 11) is 1.71. The molecule has 0 radical (unpaired) electrons. The Morgan fingerprint density at radius 3 is 2.26 bits per heavy atom. The third-order valence-corrected chi connectivity index (χ3v) is 3.88. The van der Waals surface area contributed by atoms with E-state index in [1.165, 1.54) is 4.68 Å². The van der Waals surface area contributed by atoms with Gasteiger partial charge in [-0.2, -0.15) is 10.2 Å². The predicted octanol–water partition coefficient (Wildman–Crippen LogP) is 2.22. The quantitative estimate of drug-likeness (QED) is 0.537. The Kier molecular flexibility index (Phi) is 5.36. The summed E-state index contributed by atoms with van der Waals surface area (Å²) in [6, 6.07) is 12.0. The van der Waals surface area contributed by atoms with Gasteiger partial charge in [0.15, 0.2) is 0 Å². The van der Waals surface area contributed by atoms with E-state index < -0.39 is 0 Å². The number of hydrogen-bond donors (Lipinski definition) is 2. The average molecular weight is 362 g/mol. The number of amides is 2. The highest BCUT2D eigenvalue weighted by molar-refractivity contribution is 6.04. The third kappa shape index (κ3) is 4.43. The van der Waals surface area contributed by atoms with Crippen LogP contribution in [-0.2, 0) is 7.05 Å². The molecule has 0 unspecified atom stereocenters. The molecule has 0 aliphatic rings. The number of carbonyl (C=O) groups excluding carboxylic acids is 2. The van der Waals surface area contributed by atoms with Gasteiger partial charge in [-0.1, -0.05) is 12.1 Å². The maximum atomic E-state index is 12.2. The van der Waals surface area contributed by atoms with Crippen molar-refractivity contribution in [2.24, 2.45) is 12.1 Å². The fourth-order valence-corrected chi connectivity index (χ4v) is 2.35. The van der Waals surface area contributed by atoms with Crippen LogP contribution in [0.25, 0.3) is 0 Å². The lowest BCUT2D eigenvalue weighted by atomic mass is 10.1. The molecule has 0 spiro atoms. The summed E-state index contributed by atoms with van der Waals surface area (Å²) in [5.74, 6) is -0.547. The van der Waals surface area contributed by atoms with Crippen LogP contribution in [0, 0.1) is 0 Å². The first-order valence-electron chi connectivity index (χ1n) is 8.19. The van der Waals surface area contributed by atoms with E-state index in [4.69, 9.17) is 0 Å². The minimum atomic E-state index is -0.309. The van der Waals surface area contributed by atoms with E-state index in [9.17, 15) is 9.59 Å². The van der Waals surface area contributed by atoms with Gasteiger partial charge in [0.1, 0.15) is 5.69 Å². The lowest BCUT2D eigenvalue weighted by Gasteiger charge is -2.07. The maximum absolute atomic E-state index is 12.2. The molecule has 0 aliphatic heterocycles. The number of rotatable bonds is 5. The average Bonchev–Trinajstić information content (AvgIpc) is 3.13. The Morgan fingerprint density at radius 1 is 0.926 bits per heavy atom. The van der Waals surface area contributed by atoms with Gasteiger partial charge in [0, 0.05) is 36.9 Å². The van der Waals surface area contributed by atoms with Crippen LogP contribution >= 0.6 is 0 Å². The second-order valence-electron chi connectivity index (χ2n) is 5.75. The molecule has 0 saturated carbocycles. The molecule has 2 amide bonds. The number of aryl methyl sites for hydroxylation is 1. The molecule has 2 N–H and O–H groups in total. The molecule has 27 heavy (non-hydrogen) atoms. The van der Waals surface area contributed by atoms with Crippen LogP contribution in [-0.4, -0.2) is 32.3 Å². The Hall–Kier alpha value is -3.81. The van der Waals surface area contributed by atoms with E-state index in [0.29, 0.717) is 22.7 Å². The van der Waals surface area contributed by atoms with Crippen molar-refractivity contribution >= 4 is 23.2 Å². The molecule has 3 aromatic rings. The summed E-state index contributed by atoms with van der Waals surface area (Å²) in [4.78, 5) is 28.0. The van der Waals surface area contributed by atoms with Crippen LogP contribution in [0.4, 0.5) is 5.69 Å². The second-order valence-corrected chi connectivity index (χ2v) is 5.75. The number of pyridine rings is 1. The predicted molar refractivity (Wildman–Crippen MR) is 102 cm³/mol. The van der Waals surface area contributed by atoms with Crippen molar-refractivity contribution in [1.82, 2.24) is 20.2 Å². The number of carbonyl (C=O) groups is 2.